The molecule has 0 heterocycles. The average molecular weight is 336 g/mol. The highest BCUT2D eigenvalue weighted by Gasteiger charge is 2.36. The molecular formula is C23H28O2. The third-order valence-electron chi connectivity index (χ3n) is 5.81. The van der Waals surface area contributed by atoms with Crippen molar-refractivity contribution in [2.24, 2.45) is 0 Å². The molecule has 3 rings (SSSR count). The highest BCUT2D eigenvalue weighted by Crippen LogP contribution is 2.46. The number of rotatable bonds is 4. The van der Waals surface area contributed by atoms with Crippen LogP contribution < -0.4 is 4.74 Å². The minimum atomic E-state index is 0.0510. The van der Waals surface area contributed by atoms with E-state index in [1.54, 1.807) is 14.0 Å². The van der Waals surface area contributed by atoms with Crippen molar-refractivity contribution < 1.29 is 9.53 Å². The van der Waals surface area contributed by atoms with E-state index in [4.69, 9.17) is 4.74 Å². The molecule has 1 fully saturated rings. The normalized spacial score (nSPS) is 16.5. The number of carbonyl (C=O) groups excluding carboxylic acids is 1. The first-order valence-corrected chi connectivity index (χ1v) is 9.25. The number of aryl methyl sites for hydroxylation is 2. The van der Waals surface area contributed by atoms with Gasteiger partial charge in [-0.3, -0.25) is 4.79 Å². The van der Waals surface area contributed by atoms with Gasteiger partial charge in [-0.2, -0.15) is 0 Å². The van der Waals surface area contributed by atoms with E-state index in [2.05, 4.69) is 44.2 Å². The average Bonchev–Trinajstić information content (AvgIpc) is 2.61. The van der Waals surface area contributed by atoms with Crippen molar-refractivity contribution >= 4 is 5.78 Å². The third-order valence-corrected chi connectivity index (χ3v) is 5.81. The molecule has 0 amide bonds. The van der Waals surface area contributed by atoms with Gasteiger partial charge in [0.25, 0.3) is 0 Å². The molecular weight excluding hydrogens is 308 g/mol. The van der Waals surface area contributed by atoms with Gasteiger partial charge in [0.1, 0.15) is 5.75 Å². The molecule has 0 unspecified atom stereocenters. The molecule has 0 N–H and O–H groups in total. The number of ketones is 1. The second-order valence-corrected chi connectivity index (χ2v) is 7.41. The molecule has 2 aromatic carbocycles. The van der Waals surface area contributed by atoms with Crippen molar-refractivity contribution in [3.05, 3.63) is 64.2 Å². The summed E-state index contributed by atoms with van der Waals surface area (Å²) in [5, 5.41) is 0. The van der Waals surface area contributed by atoms with Crippen LogP contribution in [0.25, 0.3) is 0 Å². The van der Waals surface area contributed by atoms with E-state index in [9.17, 15) is 4.79 Å². The maximum atomic E-state index is 11.8. The van der Waals surface area contributed by atoms with E-state index in [-0.39, 0.29) is 11.2 Å². The van der Waals surface area contributed by atoms with Crippen molar-refractivity contribution in [2.75, 3.05) is 7.11 Å². The molecule has 0 atom stereocenters. The Hall–Kier alpha value is -2.09. The lowest BCUT2D eigenvalue weighted by atomic mass is 9.65. The molecule has 0 aliphatic heterocycles. The summed E-state index contributed by atoms with van der Waals surface area (Å²) in [5.41, 5.74) is 5.87. The highest BCUT2D eigenvalue weighted by atomic mass is 16.5. The molecule has 25 heavy (non-hydrogen) atoms. The molecule has 1 aliphatic carbocycles. The van der Waals surface area contributed by atoms with Crippen LogP contribution in [0, 0.1) is 13.8 Å². The fourth-order valence-corrected chi connectivity index (χ4v) is 4.43. The van der Waals surface area contributed by atoms with Crippen molar-refractivity contribution in [3.63, 3.8) is 0 Å². The fraction of sp³-hybridized carbons (Fsp3) is 0.435. The van der Waals surface area contributed by atoms with Gasteiger partial charge in [0.15, 0.2) is 5.78 Å². The number of hydrogen-bond acceptors (Lipinski definition) is 2. The fourth-order valence-electron chi connectivity index (χ4n) is 4.43. The summed E-state index contributed by atoms with van der Waals surface area (Å²) < 4.78 is 5.45. The summed E-state index contributed by atoms with van der Waals surface area (Å²) in [5.74, 6) is 1.08. The maximum Gasteiger partial charge on any atom is 0.160 e. The first-order valence-electron chi connectivity index (χ1n) is 9.25. The minimum Gasteiger partial charge on any atom is -0.496 e. The second-order valence-electron chi connectivity index (χ2n) is 7.41. The lowest BCUT2D eigenvalue weighted by Gasteiger charge is -2.39. The van der Waals surface area contributed by atoms with Gasteiger partial charge >= 0.3 is 0 Å². The van der Waals surface area contributed by atoms with Crippen LogP contribution in [0.15, 0.2) is 36.4 Å². The molecule has 0 radical (unpaired) electrons. The molecule has 0 spiro atoms. The smallest absolute Gasteiger partial charge is 0.160 e. The predicted molar refractivity (Wildman–Crippen MR) is 103 cm³/mol. The standard InChI is InChI=1S/C23H28O2/c1-16-14-19(8-10-21(16)18(3)24)23(12-6-5-7-13-23)20-9-11-22(25-4)17(2)15-20/h8-11,14-15H,5-7,12-13H2,1-4H3. The van der Waals surface area contributed by atoms with E-state index in [0.29, 0.717) is 0 Å². The number of Topliss-reactive ketones (excluding diaryl/α,β-unsaturated/α-hetero) is 1. The zero-order valence-electron chi connectivity index (χ0n) is 15.8. The molecule has 2 aromatic rings. The van der Waals surface area contributed by atoms with Gasteiger partial charge in [0.05, 0.1) is 7.11 Å². The van der Waals surface area contributed by atoms with Gasteiger partial charge in [-0.25, -0.2) is 0 Å². The van der Waals surface area contributed by atoms with Crippen molar-refractivity contribution in [1.29, 1.82) is 0 Å². The molecule has 0 saturated heterocycles. The minimum absolute atomic E-state index is 0.0510. The SMILES string of the molecule is COc1ccc(C2(c3ccc(C(C)=O)c(C)c3)CCCCC2)cc1C. The second kappa shape index (κ2) is 7.03. The first-order chi connectivity index (χ1) is 12.0. The number of ether oxygens (including phenoxy) is 1. The van der Waals surface area contributed by atoms with E-state index >= 15 is 0 Å². The quantitative estimate of drug-likeness (QED) is 0.663. The Balaban J connectivity index is 2.12. The van der Waals surface area contributed by atoms with Crippen LogP contribution in [0.4, 0.5) is 0 Å². The van der Waals surface area contributed by atoms with Crippen LogP contribution in [0.3, 0.4) is 0 Å². The monoisotopic (exact) mass is 336 g/mol. The molecule has 2 nitrogen and oxygen atoms in total. The summed E-state index contributed by atoms with van der Waals surface area (Å²) in [6.45, 7) is 5.81. The van der Waals surface area contributed by atoms with Crippen molar-refractivity contribution in [3.8, 4) is 5.75 Å². The number of carbonyl (C=O) groups is 1. The number of benzene rings is 2. The summed E-state index contributed by atoms with van der Waals surface area (Å²) >= 11 is 0. The molecule has 1 aliphatic rings. The highest BCUT2D eigenvalue weighted by molar-refractivity contribution is 5.95. The van der Waals surface area contributed by atoms with Gasteiger partial charge < -0.3 is 4.74 Å². The van der Waals surface area contributed by atoms with E-state index in [0.717, 1.165) is 29.7 Å². The molecule has 0 aromatic heterocycles. The van der Waals surface area contributed by atoms with Crippen LogP contribution in [0.2, 0.25) is 0 Å². The number of hydrogen-bond donors (Lipinski definition) is 0. The molecule has 0 bridgehead atoms. The van der Waals surface area contributed by atoms with Gasteiger partial charge in [-0.1, -0.05) is 49.6 Å². The van der Waals surface area contributed by atoms with Crippen molar-refractivity contribution in [1.82, 2.24) is 0 Å². The van der Waals surface area contributed by atoms with Crippen molar-refractivity contribution in [2.45, 2.75) is 58.3 Å². The lowest BCUT2D eigenvalue weighted by Crippen LogP contribution is -2.30. The Kier molecular flexibility index (Phi) is 4.99. The molecule has 1 saturated carbocycles. The Morgan fingerprint density at radius 3 is 2.04 bits per heavy atom. The maximum absolute atomic E-state index is 11.8. The lowest BCUT2D eigenvalue weighted by molar-refractivity contribution is 0.101. The Labute approximate surface area is 151 Å². The van der Waals surface area contributed by atoms with E-state index in [1.807, 2.05) is 6.07 Å². The van der Waals surface area contributed by atoms with Crippen LogP contribution >= 0.6 is 0 Å². The van der Waals surface area contributed by atoms with Crippen LogP contribution in [0.5, 0.6) is 5.75 Å². The number of methoxy groups -OCH3 is 1. The van der Waals surface area contributed by atoms with Crippen LogP contribution in [-0.2, 0) is 5.41 Å². The summed E-state index contributed by atoms with van der Waals surface area (Å²) in [6, 6.07) is 13.0. The Morgan fingerprint density at radius 2 is 1.52 bits per heavy atom. The Morgan fingerprint density at radius 1 is 0.920 bits per heavy atom. The molecule has 132 valence electrons. The molecule has 2 heteroatoms. The third kappa shape index (κ3) is 3.22. The van der Waals surface area contributed by atoms with E-state index in [1.165, 1.54) is 36.0 Å². The van der Waals surface area contributed by atoms with Gasteiger partial charge in [-0.15, -0.1) is 0 Å². The zero-order chi connectivity index (χ0) is 18.0. The summed E-state index contributed by atoms with van der Waals surface area (Å²) in [6.07, 6.45) is 6.13. The first kappa shape index (κ1) is 17.7. The van der Waals surface area contributed by atoms with Gasteiger partial charge in [-0.05, 0) is 61.9 Å². The van der Waals surface area contributed by atoms with E-state index < -0.39 is 0 Å². The zero-order valence-corrected chi connectivity index (χ0v) is 15.8. The summed E-state index contributed by atoms with van der Waals surface area (Å²) in [7, 11) is 1.72. The van der Waals surface area contributed by atoms with Crippen LogP contribution in [-0.4, -0.2) is 12.9 Å². The van der Waals surface area contributed by atoms with Crippen LogP contribution in [0.1, 0.15) is 71.6 Å². The van der Waals surface area contributed by atoms with Gasteiger partial charge in [0.2, 0.25) is 0 Å². The largest absolute Gasteiger partial charge is 0.496 e. The predicted octanol–water partition coefficient (Wildman–Crippen LogP) is 5.76. The summed E-state index contributed by atoms with van der Waals surface area (Å²) in [4.78, 5) is 11.8. The Bertz CT molecular complexity index is 783. The van der Waals surface area contributed by atoms with Gasteiger partial charge in [0, 0.05) is 11.0 Å². The topological polar surface area (TPSA) is 26.3 Å².